The average molecular weight is 387 g/mol. The number of ether oxygens (including phenoxy) is 1. The first-order valence-corrected chi connectivity index (χ1v) is 9.33. The van der Waals surface area contributed by atoms with Crippen molar-refractivity contribution in [3.05, 3.63) is 52.2 Å². The van der Waals surface area contributed by atoms with Crippen molar-refractivity contribution in [2.45, 2.75) is 19.0 Å². The highest BCUT2D eigenvalue weighted by atomic mass is 32.1. The zero-order chi connectivity index (χ0) is 19.6. The first kappa shape index (κ1) is 18.9. The fourth-order valence-electron chi connectivity index (χ4n) is 2.96. The molecule has 8 heteroatoms. The number of imide groups is 1. The molecule has 1 aromatic carbocycles. The predicted octanol–water partition coefficient (Wildman–Crippen LogP) is 2.18. The number of carbonyl (C=O) groups is 3. The van der Waals surface area contributed by atoms with E-state index < -0.39 is 17.5 Å². The Kier molecular flexibility index (Phi) is 5.18. The third kappa shape index (κ3) is 3.66. The summed E-state index contributed by atoms with van der Waals surface area (Å²) in [7, 11) is 3.21. The first-order chi connectivity index (χ1) is 12.8. The maximum absolute atomic E-state index is 12.9. The number of nitrogens with zero attached hydrogens (tertiary/aromatic N) is 2. The molecule has 0 bridgehead atoms. The third-order valence-electron chi connectivity index (χ3n) is 4.66. The summed E-state index contributed by atoms with van der Waals surface area (Å²) in [5.41, 5.74) is 0.426. The van der Waals surface area contributed by atoms with Crippen LogP contribution < -0.4 is 10.1 Å². The lowest BCUT2D eigenvalue weighted by atomic mass is 9.92. The van der Waals surface area contributed by atoms with Gasteiger partial charge < -0.3 is 15.0 Å². The minimum atomic E-state index is -1.21. The lowest BCUT2D eigenvalue weighted by Crippen LogP contribution is -2.43. The molecule has 0 unspecified atom stereocenters. The highest BCUT2D eigenvalue weighted by Gasteiger charge is 2.49. The Morgan fingerprint density at radius 3 is 2.56 bits per heavy atom. The van der Waals surface area contributed by atoms with Gasteiger partial charge in [-0.25, -0.2) is 4.79 Å². The monoisotopic (exact) mass is 387 g/mol. The van der Waals surface area contributed by atoms with Crippen molar-refractivity contribution in [3.63, 3.8) is 0 Å². The van der Waals surface area contributed by atoms with Gasteiger partial charge in [0, 0.05) is 13.6 Å². The second kappa shape index (κ2) is 7.40. The molecule has 1 aliphatic heterocycles. The average Bonchev–Trinajstić information content (AvgIpc) is 3.24. The Hall–Kier alpha value is -2.87. The molecule has 1 N–H and O–H groups in total. The molecule has 1 fully saturated rings. The maximum atomic E-state index is 12.9. The number of thiophene rings is 1. The van der Waals surface area contributed by atoms with Crippen LogP contribution >= 0.6 is 11.3 Å². The number of hydrogen-bond donors (Lipinski definition) is 1. The minimum Gasteiger partial charge on any atom is -0.497 e. The summed E-state index contributed by atoms with van der Waals surface area (Å²) in [4.78, 5) is 40.2. The number of amides is 4. The molecular formula is C19H21N3O4S. The molecule has 0 saturated carbocycles. The van der Waals surface area contributed by atoms with E-state index >= 15 is 0 Å². The zero-order valence-electron chi connectivity index (χ0n) is 15.4. The number of rotatable bonds is 6. The fraction of sp³-hybridized carbons (Fsp3) is 0.316. The van der Waals surface area contributed by atoms with Crippen molar-refractivity contribution in [3.8, 4) is 5.75 Å². The van der Waals surface area contributed by atoms with Gasteiger partial charge in [-0.1, -0.05) is 12.1 Å². The molecule has 3 rings (SSSR count). The van der Waals surface area contributed by atoms with Gasteiger partial charge in [-0.2, -0.15) is 11.3 Å². The SMILES string of the molecule is COc1ccc([C@@]2(C)NC(=O)N(CC(=O)N(C)Cc3ccsc3)C2=O)cc1. The van der Waals surface area contributed by atoms with E-state index in [4.69, 9.17) is 4.74 Å². The summed E-state index contributed by atoms with van der Waals surface area (Å²) in [6.45, 7) is 1.77. The van der Waals surface area contributed by atoms with Crippen LogP contribution in [0.15, 0.2) is 41.1 Å². The van der Waals surface area contributed by atoms with Crippen LogP contribution in [-0.2, 0) is 21.7 Å². The molecule has 1 aromatic heterocycles. The van der Waals surface area contributed by atoms with Crippen molar-refractivity contribution in [2.24, 2.45) is 0 Å². The van der Waals surface area contributed by atoms with E-state index in [9.17, 15) is 14.4 Å². The van der Waals surface area contributed by atoms with Crippen molar-refractivity contribution in [1.82, 2.24) is 15.1 Å². The number of urea groups is 1. The van der Waals surface area contributed by atoms with Gasteiger partial charge in [0.1, 0.15) is 17.8 Å². The fourth-order valence-corrected chi connectivity index (χ4v) is 3.62. The largest absolute Gasteiger partial charge is 0.497 e. The molecule has 4 amide bonds. The summed E-state index contributed by atoms with van der Waals surface area (Å²) < 4.78 is 5.12. The number of likely N-dealkylation sites (N-methyl/N-ethyl adjacent to an activating group) is 1. The van der Waals surface area contributed by atoms with E-state index in [1.165, 1.54) is 4.90 Å². The maximum Gasteiger partial charge on any atom is 0.325 e. The molecular weight excluding hydrogens is 366 g/mol. The smallest absolute Gasteiger partial charge is 0.325 e. The summed E-state index contributed by atoms with van der Waals surface area (Å²) in [5.74, 6) is -0.0974. The van der Waals surface area contributed by atoms with E-state index in [1.54, 1.807) is 56.7 Å². The van der Waals surface area contributed by atoms with Crippen molar-refractivity contribution >= 4 is 29.2 Å². The number of carbonyl (C=O) groups excluding carboxylic acids is 3. The van der Waals surface area contributed by atoms with Crippen LogP contribution in [0, 0.1) is 0 Å². The molecule has 2 heterocycles. The Balaban J connectivity index is 1.72. The van der Waals surface area contributed by atoms with Crippen molar-refractivity contribution in [1.29, 1.82) is 0 Å². The Bertz CT molecular complexity index is 850. The minimum absolute atomic E-state index is 0.295. The summed E-state index contributed by atoms with van der Waals surface area (Å²) >= 11 is 1.55. The van der Waals surface area contributed by atoms with Gasteiger partial charge in [-0.3, -0.25) is 14.5 Å². The van der Waals surface area contributed by atoms with Gasteiger partial charge in [-0.15, -0.1) is 0 Å². The van der Waals surface area contributed by atoms with Gasteiger partial charge in [0.05, 0.1) is 7.11 Å². The predicted molar refractivity (Wildman–Crippen MR) is 101 cm³/mol. The molecule has 7 nitrogen and oxygen atoms in total. The van der Waals surface area contributed by atoms with E-state index in [-0.39, 0.29) is 12.5 Å². The Labute approximate surface area is 161 Å². The molecule has 0 spiro atoms. The van der Waals surface area contributed by atoms with Gasteiger partial charge in [0.15, 0.2) is 0 Å². The van der Waals surface area contributed by atoms with Crippen LogP contribution in [0.5, 0.6) is 5.75 Å². The van der Waals surface area contributed by atoms with E-state index in [1.807, 2.05) is 16.8 Å². The highest BCUT2D eigenvalue weighted by Crippen LogP contribution is 2.30. The molecule has 142 valence electrons. The first-order valence-electron chi connectivity index (χ1n) is 8.39. The molecule has 1 saturated heterocycles. The van der Waals surface area contributed by atoms with Gasteiger partial charge in [0.25, 0.3) is 5.91 Å². The van der Waals surface area contributed by atoms with Crippen LogP contribution in [-0.4, -0.2) is 48.3 Å². The Morgan fingerprint density at radius 1 is 1.26 bits per heavy atom. The second-order valence-corrected chi connectivity index (χ2v) is 7.34. The van der Waals surface area contributed by atoms with E-state index in [0.717, 1.165) is 10.5 Å². The normalized spacial score (nSPS) is 19.1. The van der Waals surface area contributed by atoms with Crippen molar-refractivity contribution in [2.75, 3.05) is 20.7 Å². The van der Waals surface area contributed by atoms with Gasteiger partial charge >= 0.3 is 6.03 Å². The van der Waals surface area contributed by atoms with Crippen LogP contribution in [0.2, 0.25) is 0 Å². The molecule has 27 heavy (non-hydrogen) atoms. The molecule has 1 atom stereocenters. The number of hydrogen-bond acceptors (Lipinski definition) is 5. The van der Waals surface area contributed by atoms with Crippen LogP contribution in [0.4, 0.5) is 4.79 Å². The zero-order valence-corrected chi connectivity index (χ0v) is 16.2. The number of nitrogens with one attached hydrogen (secondary N) is 1. The van der Waals surface area contributed by atoms with Crippen LogP contribution in [0.25, 0.3) is 0 Å². The number of methoxy groups -OCH3 is 1. The van der Waals surface area contributed by atoms with E-state index in [2.05, 4.69) is 5.32 Å². The van der Waals surface area contributed by atoms with E-state index in [0.29, 0.717) is 17.9 Å². The summed E-state index contributed by atoms with van der Waals surface area (Å²) in [6, 6.07) is 8.26. The molecule has 0 radical (unpaired) electrons. The summed E-state index contributed by atoms with van der Waals surface area (Å²) in [5, 5.41) is 6.59. The quantitative estimate of drug-likeness (QED) is 0.771. The van der Waals surface area contributed by atoms with Crippen LogP contribution in [0.3, 0.4) is 0 Å². The lowest BCUT2D eigenvalue weighted by molar-refractivity contribution is -0.138. The van der Waals surface area contributed by atoms with Gasteiger partial charge in [0.2, 0.25) is 5.91 Å². The molecule has 1 aliphatic rings. The lowest BCUT2D eigenvalue weighted by Gasteiger charge is -2.23. The Morgan fingerprint density at radius 2 is 1.96 bits per heavy atom. The molecule has 0 aliphatic carbocycles. The van der Waals surface area contributed by atoms with Crippen molar-refractivity contribution < 1.29 is 19.1 Å². The third-order valence-corrected chi connectivity index (χ3v) is 5.39. The number of benzene rings is 1. The topological polar surface area (TPSA) is 79.0 Å². The van der Waals surface area contributed by atoms with Gasteiger partial charge in [-0.05, 0) is 47.0 Å². The standard InChI is InChI=1S/C19H21N3O4S/c1-19(14-4-6-15(26-3)7-5-14)17(24)22(18(25)20-19)11-16(23)21(2)10-13-8-9-27-12-13/h4-9,12H,10-11H2,1-3H3,(H,20,25)/t19-/m1/s1. The highest BCUT2D eigenvalue weighted by molar-refractivity contribution is 7.07. The van der Waals surface area contributed by atoms with Crippen LogP contribution in [0.1, 0.15) is 18.1 Å². The molecule has 2 aromatic rings. The second-order valence-electron chi connectivity index (χ2n) is 6.56. The summed E-state index contributed by atoms with van der Waals surface area (Å²) in [6.07, 6.45) is 0.